The number of aryl methyl sites for hydroxylation is 2. The zero-order valence-electron chi connectivity index (χ0n) is 10.0. The van der Waals surface area contributed by atoms with Crippen LogP contribution in [0.4, 0.5) is 0 Å². The van der Waals surface area contributed by atoms with Gasteiger partial charge in [-0.3, -0.25) is 4.98 Å². The molecule has 0 aliphatic heterocycles. The minimum atomic E-state index is 0.370. The maximum atomic E-state index is 6.23. The lowest BCUT2D eigenvalue weighted by atomic mass is 10.3. The van der Waals surface area contributed by atoms with Gasteiger partial charge in [-0.15, -0.1) is 22.9 Å². The summed E-state index contributed by atoms with van der Waals surface area (Å²) in [4.78, 5) is 9.88. The first-order valence-corrected chi connectivity index (χ1v) is 7.66. The molecule has 0 amide bonds. The predicted octanol–water partition coefficient (Wildman–Crippen LogP) is 4.13. The van der Waals surface area contributed by atoms with Crippen molar-refractivity contribution in [2.75, 3.05) is 0 Å². The highest BCUT2D eigenvalue weighted by Crippen LogP contribution is 2.25. The van der Waals surface area contributed by atoms with Gasteiger partial charge in [0.1, 0.15) is 11.3 Å². The summed E-state index contributed by atoms with van der Waals surface area (Å²) in [6, 6.07) is 4.19. The van der Waals surface area contributed by atoms with Gasteiger partial charge < -0.3 is 4.57 Å². The Morgan fingerprint density at radius 1 is 1.32 bits per heavy atom. The van der Waals surface area contributed by atoms with E-state index in [4.69, 9.17) is 23.2 Å². The molecule has 0 N–H and O–H groups in total. The number of hydrogen-bond donors (Lipinski definition) is 0. The summed E-state index contributed by atoms with van der Waals surface area (Å²) >= 11 is 14.0. The summed E-state index contributed by atoms with van der Waals surface area (Å²) in [6.07, 6.45) is 4.32. The number of nitrogens with zero attached hydrogens (tertiary/aromatic N) is 3. The first-order valence-electron chi connectivity index (χ1n) is 5.86. The Labute approximate surface area is 124 Å². The Bertz CT molecular complexity index is 691. The first-order chi connectivity index (χ1) is 9.29. The number of alkyl halides is 1. The van der Waals surface area contributed by atoms with Gasteiger partial charge in [0.15, 0.2) is 0 Å². The van der Waals surface area contributed by atoms with E-state index >= 15 is 0 Å². The Morgan fingerprint density at radius 3 is 2.95 bits per heavy atom. The van der Waals surface area contributed by atoms with Crippen LogP contribution in [0, 0.1) is 0 Å². The number of halogens is 2. The van der Waals surface area contributed by atoms with Crippen molar-refractivity contribution in [3.8, 4) is 0 Å². The van der Waals surface area contributed by atoms with E-state index in [0.717, 1.165) is 29.8 Å². The van der Waals surface area contributed by atoms with Crippen LogP contribution in [0.25, 0.3) is 11.0 Å². The van der Waals surface area contributed by atoms with Gasteiger partial charge in [-0.25, -0.2) is 4.98 Å². The Kier molecular flexibility index (Phi) is 3.73. The van der Waals surface area contributed by atoms with E-state index < -0.39 is 0 Å². The van der Waals surface area contributed by atoms with Crippen molar-refractivity contribution >= 4 is 45.6 Å². The summed E-state index contributed by atoms with van der Waals surface area (Å²) < 4.78 is 2.09. The molecular weight excluding hydrogens is 301 g/mol. The van der Waals surface area contributed by atoms with Gasteiger partial charge in [0, 0.05) is 17.6 Å². The minimum Gasteiger partial charge on any atom is -0.325 e. The Balaban J connectivity index is 2.00. The molecule has 0 aromatic carbocycles. The molecule has 3 aromatic rings. The van der Waals surface area contributed by atoms with E-state index in [9.17, 15) is 0 Å². The summed E-state index contributed by atoms with van der Waals surface area (Å²) in [6.45, 7) is 0.822. The number of thiophene rings is 1. The van der Waals surface area contributed by atoms with Crippen molar-refractivity contribution in [1.82, 2.24) is 14.5 Å². The van der Waals surface area contributed by atoms with Crippen molar-refractivity contribution < 1.29 is 0 Å². The molecule has 3 heterocycles. The number of rotatable bonds is 4. The fourth-order valence-corrected chi connectivity index (χ4v) is 3.27. The smallest absolute Gasteiger partial charge is 0.124 e. The average Bonchev–Trinajstić information content (AvgIpc) is 3.03. The third kappa shape index (κ3) is 2.48. The predicted molar refractivity (Wildman–Crippen MR) is 80.1 cm³/mol. The zero-order chi connectivity index (χ0) is 13.2. The second-order valence-electron chi connectivity index (χ2n) is 4.13. The zero-order valence-corrected chi connectivity index (χ0v) is 12.3. The Hall–Kier alpha value is -1.10. The van der Waals surface area contributed by atoms with Gasteiger partial charge in [0.05, 0.1) is 22.6 Å². The molecule has 0 radical (unpaired) electrons. The van der Waals surface area contributed by atoms with E-state index in [1.165, 1.54) is 4.88 Å². The summed E-state index contributed by atoms with van der Waals surface area (Å²) in [5.74, 6) is 1.21. The van der Waals surface area contributed by atoms with E-state index in [-0.39, 0.29) is 0 Å². The van der Waals surface area contributed by atoms with Gasteiger partial charge >= 0.3 is 0 Å². The topological polar surface area (TPSA) is 30.7 Å². The van der Waals surface area contributed by atoms with Crippen LogP contribution >= 0.6 is 34.5 Å². The highest BCUT2D eigenvalue weighted by molar-refractivity contribution is 7.09. The molecule has 6 heteroatoms. The molecule has 0 aliphatic rings. The first kappa shape index (κ1) is 12.9. The summed E-state index contributed by atoms with van der Waals surface area (Å²) in [5, 5.41) is 2.70. The molecule has 0 bridgehead atoms. The molecular formula is C13H11Cl2N3S. The van der Waals surface area contributed by atoms with Crippen LogP contribution in [0.2, 0.25) is 5.02 Å². The van der Waals surface area contributed by atoms with Gasteiger partial charge in [0.2, 0.25) is 0 Å². The maximum Gasteiger partial charge on any atom is 0.124 e. The molecule has 3 rings (SSSR count). The van der Waals surface area contributed by atoms with Crippen molar-refractivity contribution in [2.24, 2.45) is 0 Å². The molecule has 0 aliphatic carbocycles. The second kappa shape index (κ2) is 5.49. The van der Waals surface area contributed by atoms with E-state index in [0.29, 0.717) is 10.9 Å². The standard InChI is InChI=1S/C13H11Cl2N3S/c14-6-12-17-11-8-16-7-10(15)13(11)18(12)4-3-9-2-1-5-19-9/h1-2,5,7-8H,3-4,6H2. The largest absolute Gasteiger partial charge is 0.325 e. The molecule has 0 saturated heterocycles. The fourth-order valence-electron chi connectivity index (χ4n) is 2.12. The number of imidazole rings is 1. The molecule has 19 heavy (non-hydrogen) atoms. The molecule has 0 spiro atoms. The van der Waals surface area contributed by atoms with E-state index in [1.54, 1.807) is 23.7 Å². The third-order valence-corrected chi connectivity index (χ3v) is 4.42. The number of pyridine rings is 1. The maximum absolute atomic E-state index is 6.23. The monoisotopic (exact) mass is 311 g/mol. The van der Waals surface area contributed by atoms with Gasteiger partial charge in [-0.1, -0.05) is 17.7 Å². The molecule has 0 fully saturated rings. The van der Waals surface area contributed by atoms with Crippen molar-refractivity contribution in [2.45, 2.75) is 18.8 Å². The van der Waals surface area contributed by atoms with Crippen LogP contribution in [0.5, 0.6) is 0 Å². The minimum absolute atomic E-state index is 0.370. The highest BCUT2D eigenvalue weighted by atomic mass is 35.5. The van der Waals surface area contributed by atoms with Crippen LogP contribution in [-0.2, 0) is 18.8 Å². The number of hydrogen-bond acceptors (Lipinski definition) is 3. The lowest BCUT2D eigenvalue weighted by Crippen LogP contribution is -2.04. The van der Waals surface area contributed by atoms with Crippen LogP contribution < -0.4 is 0 Å². The second-order valence-corrected chi connectivity index (χ2v) is 5.84. The van der Waals surface area contributed by atoms with Gasteiger partial charge in [0.25, 0.3) is 0 Å². The molecule has 98 valence electrons. The highest BCUT2D eigenvalue weighted by Gasteiger charge is 2.13. The van der Waals surface area contributed by atoms with Crippen molar-refractivity contribution in [1.29, 1.82) is 0 Å². The lowest BCUT2D eigenvalue weighted by molar-refractivity contribution is 0.693. The van der Waals surface area contributed by atoms with Gasteiger partial charge in [-0.05, 0) is 17.9 Å². The van der Waals surface area contributed by atoms with Crippen LogP contribution in [0.3, 0.4) is 0 Å². The van der Waals surface area contributed by atoms with Crippen LogP contribution in [0.15, 0.2) is 29.9 Å². The molecule has 0 atom stereocenters. The summed E-state index contributed by atoms with van der Waals surface area (Å²) in [7, 11) is 0. The molecule has 0 unspecified atom stereocenters. The van der Waals surface area contributed by atoms with Crippen molar-refractivity contribution in [3.05, 3.63) is 45.6 Å². The summed E-state index contributed by atoms with van der Waals surface area (Å²) in [5.41, 5.74) is 1.72. The van der Waals surface area contributed by atoms with Crippen LogP contribution in [0.1, 0.15) is 10.7 Å². The third-order valence-electron chi connectivity index (χ3n) is 2.97. The normalized spacial score (nSPS) is 11.3. The van der Waals surface area contributed by atoms with Gasteiger partial charge in [-0.2, -0.15) is 0 Å². The molecule has 3 nitrogen and oxygen atoms in total. The number of fused-ring (bicyclic) bond motifs is 1. The number of aromatic nitrogens is 3. The Morgan fingerprint density at radius 2 is 2.21 bits per heavy atom. The SMILES string of the molecule is ClCc1nc2cncc(Cl)c2n1CCc1cccs1. The fraction of sp³-hybridized carbons (Fsp3) is 0.231. The van der Waals surface area contributed by atoms with E-state index in [1.807, 2.05) is 0 Å². The van der Waals surface area contributed by atoms with E-state index in [2.05, 4.69) is 32.0 Å². The quantitative estimate of drug-likeness (QED) is 0.678. The van der Waals surface area contributed by atoms with Crippen molar-refractivity contribution in [3.63, 3.8) is 0 Å². The average molecular weight is 312 g/mol. The van der Waals surface area contributed by atoms with Crippen LogP contribution in [-0.4, -0.2) is 14.5 Å². The molecule has 3 aromatic heterocycles. The lowest BCUT2D eigenvalue weighted by Gasteiger charge is -2.07. The molecule has 0 saturated carbocycles.